The van der Waals surface area contributed by atoms with E-state index in [1.54, 1.807) is 29.0 Å². The second kappa shape index (κ2) is 5.22. The van der Waals surface area contributed by atoms with Crippen LogP contribution in [0.2, 0.25) is 0 Å². The number of rotatable bonds is 4. The van der Waals surface area contributed by atoms with Gasteiger partial charge in [0.2, 0.25) is 0 Å². The molecule has 0 aromatic carbocycles. The summed E-state index contributed by atoms with van der Waals surface area (Å²) in [4.78, 5) is 16.5. The number of nitrogens with zero attached hydrogens (tertiary/aromatic N) is 3. The van der Waals surface area contributed by atoms with Gasteiger partial charge in [-0.25, -0.2) is 15.0 Å². The zero-order chi connectivity index (χ0) is 13.2. The van der Waals surface area contributed by atoms with E-state index in [1.165, 1.54) is 9.75 Å². The first-order valence-electron chi connectivity index (χ1n) is 6.15. The van der Waals surface area contributed by atoms with Crippen LogP contribution in [0.3, 0.4) is 0 Å². The van der Waals surface area contributed by atoms with Crippen molar-refractivity contribution in [2.45, 2.75) is 26.8 Å². The van der Waals surface area contributed by atoms with E-state index >= 15 is 0 Å². The minimum absolute atomic E-state index is 0.759. The number of anilines is 1. The number of thiophene rings is 1. The molecule has 3 aromatic heterocycles. The van der Waals surface area contributed by atoms with Gasteiger partial charge in [-0.3, -0.25) is 0 Å². The Kier molecular flexibility index (Phi) is 3.44. The highest BCUT2D eigenvalue weighted by molar-refractivity contribution is 7.18. The summed E-state index contributed by atoms with van der Waals surface area (Å²) in [6.45, 7) is 4.93. The second-order valence-electron chi connectivity index (χ2n) is 4.21. The summed E-state index contributed by atoms with van der Waals surface area (Å²) in [6, 6.07) is 2.18. The smallest absolute Gasteiger partial charge is 0.138 e. The number of aryl methyl sites for hydroxylation is 2. The first-order chi connectivity index (χ1) is 9.26. The van der Waals surface area contributed by atoms with Crippen LogP contribution in [0.4, 0.5) is 5.82 Å². The third kappa shape index (κ3) is 2.59. The van der Waals surface area contributed by atoms with Crippen LogP contribution in [0.15, 0.2) is 18.6 Å². The third-order valence-electron chi connectivity index (χ3n) is 2.83. The van der Waals surface area contributed by atoms with E-state index in [0.29, 0.717) is 0 Å². The molecule has 0 amide bonds. The average Bonchev–Trinajstić information content (AvgIpc) is 3.02. The van der Waals surface area contributed by atoms with Crippen molar-refractivity contribution < 1.29 is 0 Å². The maximum atomic E-state index is 4.35. The summed E-state index contributed by atoms with van der Waals surface area (Å²) in [7, 11) is 0. The van der Waals surface area contributed by atoms with Crippen molar-refractivity contribution in [2.24, 2.45) is 0 Å². The Bertz CT molecular complexity index is 702. The molecule has 0 spiro atoms. The van der Waals surface area contributed by atoms with Gasteiger partial charge in [0.15, 0.2) is 0 Å². The van der Waals surface area contributed by atoms with Crippen LogP contribution in [-0.2, 0) is 13.0 Å². The van der Waals surface area contributed by atoms with Crippen LogP contribution < -0.4 is 5.32 Å². The van der Waals surface area contributed by atoms with E-state index in [4.69, 9.17) is 0 Å². The Morgan fingerprint density at radius 2 is 2.05 bits per heavy atom. The first-order valence-corrected chi connectivity index (χ1v) is 7.78. The number of nitrogens with one attached hydrogen (secondary N) is 1. The van der Waals surface area contributed by atoms with Crippen molar-refractivity contribution in [1.29, 1.82) is 0 Å². The van der Waals surface area contributed by atoms with Crippen LogP contribution in [-0.4, -0.2) is 15.0 Å². The lowest BCUT2D eigenvalue weighted by atomic mass is 10.3. The fourth-order valence-corrected chi connectivity index (χ4v) is 3.55. The van der Waals surface area contributed by atoms with Gasteiger partial charge in [0.05, 0.1) is 16.9 Å². The number of thiazole rings is 1. The van der Waals surface area contributed by atoms with Crippen LogP contribution in [0.25, 0.3) is 10.2 Å². The molecule has 19 heavy (non-hydrogen) atoms. The topological polar surface area (TPSA) is 50.7 Å². The minimum atomic E-state index is 0.759. The average molecular weight is 290 g/mol. The number of hydrogen-bond donors (Lipinski definition) is 1. The van der Waals surface area contributed by atoms with Crippen LogP contribution in [0, 0.1) is 6.92 Å². The Labute approximate surface area is 119 Å². The molecule has 0 atom stereocenters. The first kappa shape index (κ1) is 12.5. The SMILES string of the molecule is CCc1cc2c(NCc3cnc(C)s3)ncnc2s1. The van der Waals surface area contributed by atoms with Gasteiger partial charge in [0, 0.05) is 16.0 Å². The molecule has 3 aromatic rings. The number of hydrogen-bond acceptors (Lipinski definition) is 6. The highest BCUT2D eigenvalue weighted by Gasteiger charge is 2.08. The quantitative estimate of drug-likeness (QED) is 0.797. The standard InChI is InChI=1S/C13H14N4S2/c1-3-9-4-11-12(16-7-17-13(11)19-9)15-6-10-5-14-8(2)18-10/h4-5,7H,3,6H2,1-2H3,(H,15,16,17). The summed E-state index contributed by atoms with van der Waals surface area (Å²) in [5, 5.41) is 5.59. The van der Waals surface area contributed by atoms with Gasteiger partial charge < -0.3 is 5.32 Å². The molecule has 0 unspecified atom stereocenters. The lowest BCUT2D eigenvalue weighted by Crippen LogP contribution is -2.00. The van der Waals surface area contributed by atoms with Crippen molar-refractivity contribution in [2.75, 3.05) is 5.32 Å². The fraction of sp³-hybridized carbons (Fsp3) is 0.308. The molecule has 0 bridgehead atoms. The van der Waals surface area contributed by atoms with Crippen molar-refractivity contribution in [3.05, 3.63) is 33.4 Å². The molecular formula is C13H14N4S2. The molecule has 0 aliphatic rings. The van der Waals surface area contributed by atoms with Gasteiger partial charge in [-0.05, 0) is 19.4 Å². The highest BCUT2D eigenvalue weighted by atomic mass is 32.1. The van der Waals surface area contributed by atoms with Crippen LogP contribution in [0.5, 0.6) is 0 Å². The lowest BCUT2D eigenvalue weighted by molar-refractivity contribution is 1.12. The van der Waals surface area contributed by atoms with Gasteiger partial charge in [0.25, 0.3) is 0 Å². The van der Waals surface area contributed by atoms with Crippen LogP contribution in [0.1, 0.15) is 21.7 Å². The molecule has 0 saturated heterocycles. The number of fused-ring (bicyclic) bond motifs is 1. The maximum Gasteiger partial charge on any atom is 0.138 e. The van der Waals surface area contributed by atoms with E-state index in [9.17, 15) is 0 Å². The highest BCUT2D eigenvalue weighted by Crippen LogP contribution is 2.28. The molecule has 0 aliphatic heterocycles. The second-order valence-corrected chi connectivity index (χ2v) is 6.64. The van der Waals surface area contributed by atoms with E-state index in [0.717, 1.165) is 34.0 Å². The van der Waals surface area contributed by atoms with E-state index < -0.39 is 0 Å². The molecule has 6 heteroatoms. The number of aromatic nitrogens is 3. The molecular weight excluding hydrogens is 276 g/mol. The van der Waals surface area contributed by atoms with E-state index in [1.807, 2.05) is 13.1 Å². The van der Waals surface area contributed by atoms with Crippen molar-refractivity contribution >= 4 is 38.7 Å². The Balaban J connectivity index is 1.85. The molecule has 0 fully saturated rings. The molecule has 0 saturated carbocycles. The summed E-state index contributed by atoms with van der Waals surface area (Å²) in [6.07, 6.45) is 4.57. The zero-order valence-corrected chi connectivity index (χ0v) is 12.4. The summed E-state index contributed by atoms with van der Waals surface area (Å²) < 4.78 is 0. The Hall–Kier alpha value is -1.53. The van der Waals surface area contributed by atoms with Crippen LogP contribution >= 0.6 is 22.7 Å². The van der Waals surface area contributed by atoms with Crippen molar-refractivity contribution in [3.63, 3.8) is 0 Å². The molecule has 98 valence electrons. The van der Waals surface area contributed by atoms with Gasteiger partial charge in [0.1, 0.15) is 17.0 Å². The maximum absolute atomic E-state index is 4.35. The minimum Gasteiger partial charge on any atom is -0.364 e. The largest absolute Gasteiger partial charge is 0.364 e. The summed E-state index contributed by atoms with van der Waals surface area (Å²) >= 11 is 3.44. The normalized spacial score (nSPS) is 11.1. The molecule has 4 nitrogen and oxygen atoms in total. The Morgan fingerprint density at radius 1 is 1.16 bits per heavy atom. The molecule has 0 aliphatic carbocycles. The fourth-order valence-electron chi connectivity index (χ4n) is 1.88. The molecule has 1 N–H and O–H groups in total. The van der Waals surface area contributed by atoms with Gasteiger partial charge in [-0.2, -0.15) is 0 Å². The van der Waals surface area contributed by atoms with Gasteiger partial charge in [-0.15, -0.1) is 22.7 Å². The van der Waals surface area contributed by atoms with Gasteiger partial charge >= 0.3 is 0 Å². The van der Waals surface area contributed by atoms with E-state index in [2.05, 4.69) is 33.3 Å². The summed E-state index contributed by atoms with van der Waals surface area (Å²) in [5.41, 5.74) is 0. The van der Waals surface area contributed by atoms with E-state index in [-0.39, 0.29) is 0 Å². The lowest BCUT2D eigenvalue weighted by Gasteiger charge is -2.03. The molecule has 3 heterocycles. The Morgan fingerprint density at radius 3 is 2.79 bits per heavy atom. The van der Waals surface area contributed by atoms with Crippen molar-refractivity contribution in [1.82, 2.24) is 15.0 Å². The predicted octanol–water partition coefficient (Wildman–Crippen LogP) is 3.63. The molecule has 0 radical (unpaired) electrons. The van der Waals surface area contributed by atoms with Crippen molar-refractivity contribution in [3.8, 4) is 0 Å². The summed E-state index contributed by atoms with van der Waals surface area (Å²) in [5.74, 6) is 0.909. The zero-order valence-electron chi connectivity index (χ0n) is 10.8. The molecule has 3 rings (SSSR count). The predicted molar refractivity (Wildman–Crippen MR) is 81.0 cm³/mol. The van der Waals surface area contributed by atoms with Gasteiger partial charge in [-0.1, -0.05) is 6.92 Å². The monoisotopic (exact) mass is 290 g/mol. The third-order valence-corrected chi connectivity index (χ3v) is 4.93.